The van der Waals surface area contributed by atoms with E-state index < -0.39 is 0 Å². The molecule has 98 valence electrons. The molecule has 0 radical (unpaired) electrons. The Hall–Kier alpha value is -0.870. The van der Waals surface area contributed by atoms with Crippen LogP contribution in [-0.4, -0.2) is 37.0 Å². The molecule has 0 aromatic heterocycles. The number of benzene rings is 1. The molecule has 1 amide bonds. The van der Waals surface area contributed by atoms with E-state index in [1.165, 1.54) is 5.56 Å². The van der Waals surface area contributed by atoms with Gasteiger partial charge < -0.3 is 10.2 Å². The largest absolute Gasteiger partial charge is 0.341 e. The topological polar surface area (TPSA) is 32.3 Å². The minimum absolute atomic E-state index is 0.236. The number of hydrogen-bond acceptors (Lipinski definition) is 2. The summed E-state index contributed by atoms with van der Waals surface area (Å²) in [5.41, 5.74) is 1.20. The summed E-state index contributed by atoms with van der Waals surface area (Å²) in [6.07, 6.45) is 2.44. The first-order valence-electron chi connectivity index (χ1n) is 6.38. The molecule has 1 atom stereocenters. The van der Waals surface area contributed by atoms with E-state index in [1.54, 1.807) is 0 Å². The Kier molecular flexibility index (Phi) is 4.78. The third-order valence-corrected chi connectivity index (χ3v) is 4.32. The second kappa shape index (κ2) is 6.34. The van der Waals surface area contributed by atoms with Crippen LogP contribution in [0.5, 0.6) is 0 Å². The van der Waals surface area contributed by atoms with E-state index in [9.17, 15) is 4.79 Å². The molecule has 0 aliphatic carbocycles. The van der Waals surface area contributed by atoms with Crippen LogP contribution in [0.15, 0.2) is 28.7 Å². The van der Waals surface area contributed by atoms with Crippen LogP contribution in [0.3, 0.4) is 0 Å². The lowest BCUT2D eigenvalue weighted by Gasteiger charge is -2.23. The first kappa shape index (κ1) is 13.6. The van der Waals surface area contributed by atoms with Gasteiger partial charge in [0.1, 0.15) is 0 Å². The molecule has 2 rings (SSSR count). The van der Waals surface area contributed by atoms with Crippen molar-refractivity contribution in [1.82, 2.24) is 10.2 Å². The number of nitrogens with zero attached hydrogens (tertiary/aromatic N) is 1. The van der Waals surface area contributed by atoms with E-state index in [0.717, 1.165) is 30.4 Å². The molecule has 1 N–H and O–H groups in total. The zero-order valence-corrected chi connectivity index (χ0v) is 12.2. The molecule has 1 aliphatic rings. The Morgan fingerprint density at radius 3 is 2.94 bits per heavy atom. The summed E-state index contributed by atoms with van der Waals surface area (Å²) >= 11 is 3.51. The van der Waals surface area contributed by atoms with Crippen molar-refractivity contribution >= 4 is 21.8 Å². The first-order chi connectivity index (χ1) is 8.68. The first-order valence-corrected chi connectivity index (χ1v) is 7.17. The number of carbonyl (C=O) groups excluding carboxylic acids is 1. The lowest BCUT2D eigenvalue weighted by Crippen LogP contribution is -2.38. The summed E-state index contributed by atoms with van der Waals surface area (Å²) in [4.78, 5) is 14.0. The molecule has 0 bridgehead atoms. The highest BCUT2D eigenvalue weighted by Gasteiger charge is 2.22. The predicted molar refractivity (Wildman–Crippen MR) is 76.5 cm³/mol. The SMILES string of the molecule is CN(C(=O)CCc1ccccc1Br)[C@@H]1CCNC1. The maximum Gasteiger partial charge on any atom is 0.222 e. The van der Waals surface area contributed by atoms with Gasteiger partial charge in [-0.15, -0.1) is 0 Å². The fraction of sp³-hybridized carbons (Fsp3) is 0.500. The zero-order valence-electron chi connectivity index (χ0n) is 10.7. The van der Waals surface area contributed by atoms with E-state index in [0.29, 0.717) is 12.5 Å². The van der Waals surface area contributed by atoms with Crippen molar-refractivity contribution in [3.05, 3.63) is 34.3 Å². The van der Waals surface area contributed by atoms with Crippen molar-refractivity contribution < 1.29 is 4.79 Å². The van der Waals surface area contributed by atoms with Crippen molar-refractivity contribution in [2.24, 2.45) is 0 Å². The van der Waals surface area contributed by atoms with Gasteiger partial charge in [-0.05, 0) is 31.0 Å². The number of nitrogens with one attached hydrogen (secondary N) is 1. The average Bonchev–Trinajstić information content (AvgIpc) is 2.90. The quantitative estimate of drug-likeness (QED) is 0.924. The van der Waals surface area contributed by atoms with Gasteiger partial charge in [0, 0.05) is 30.5 Å². The van der Waals surface area contributed by atoms with Gasteiger partial charge in [0.2, 0.25) is 5.91 Å². The fourth-order valence-electron chi connectivity index (χ4n) is 2.29. The van der Waals surface area contributed by atoms with Gasteiger partial charge in [-0.2, -0.15) is 0 Å². The van der Waals surface area contributed by atoms with Crippen LogP contribution < -0.4 is 5.32 Å². The molecule has 1 aliphatic heterocycles. The van der Waals surface area contributed by atoms with Crippen molar-refractivity contribution in [2.75, 3.05) is 20.1 Å². The highest BCUT2D eigenvalue weighted by molar-refractivity contribution is 9.10. The van der Waals surface area contributed by atoms with Crippen molar-refractivity contribution in [3.8, 4) is 0 Å². The zero-order chi connectivity index (χ0) is 13.0. The summed E-state index contributed by atoms with van der Waals surface area (Å²) in [6, 6.07) is 8.46. The molecular formula is C14H19BrN2O. The molecule has 0 saturated carbocycles. The molecule has 1 aromatic rings. The molecule has 1 heterocycles. The summed E-state index contributed by atoms with van der Waals surface area (Å²) < 4.78 is 1.09. The van der Waals surface area contributed by atoms with E-state index >= 15 is 0 Å². The smallest absolute Gasteiger partial charge is 0.222 e. The van der Waals surface area contributed by atoms with Crippen molar-refractivity contribution in [3.63, 3.8) is 0 Å². The van der Waals surface area contributed by atoms with E-state index in [-0.39, 0.29) is 5.91 Å². The molecule has 1 fully saturated rings. The van der Waals surface area contributed by atoms with E-state index in [4.69, 9.17) is 0 Å². The lowest BCUT2D eigenvalue weighted by molar-refractivity contribution is -0.131. The van der Waals surface area contributed by atoms with Crippen LogP contribution in [0, 0.1) is 0 Å². The highest BCUT2D eigenvalue weighted by atomic mass is 79.9. The van der Waals surface area contributed by atoms with Gasteiger partial charge in [0.25, 0.3) is 0 Å². The summed E-state index contributed by atoms with van der Waals surface area (Å²) in [5, 5.41) is 3.29. The van der Waals surface area contributed by atoms with Crippen molar-refractivity contribution in [2.45, 2.75) is 25.3 Å². The number of rotatable bonds is 4. The standard InChI is InChI=1S/C14H19BrN2O/c1-17(12-8-9-16-10-12)14(18)7-6-11-4-2-3-5-13(11)15/h2-5,12,16H,6-10H2,1H3/t12-/m1/s1. The van der Waals surface area contributed by atoms with Crippen LogP contribution >= 0.6 is 15.9 Å². The Balaban J connectivity index is 1.86. The average molecular weight is 311 g/mol. The number of amides is 1. The lowest BCUT2D eigenvalue weighted by atomic mass is 10.1. The molecular weight excluding hydrogens is 292 g/mol. The maximum absolute atomic E-state index is 12.1. The minimum Gasteiger partial charge on any atom is -0.341 e. The van der Waals surface area contributed by atoms with Crippen LogP contribution in [0.1, 0.15) is 18.4 Å². The van der Waals surface area contributed by atoms with E-state index in [2.05, 4.69) is 27.3 Å². The number of carbonyl (C=O) groups is 1. The van der Waals surface area contributed by atoms with Gasteiger partial charge in [-0.1, -0.05) is 34.1 Å². The van der Waals surface area contributed by atoms with Gasteiger partial charge in [-0.25, -0.2) is 0 Å². The number of aryl methyl sites for hydroxylation is 1. The van der Waals surface area contributed by atoms with Gasteiger partial charge in [0.05, 0.1) is 0 Å². The second-order valence-corrected chi connectivity index (χ2v) is 5.60. The summed E-state index contributed by atoms with van der Waals surface area (Å²) in [7, 11) is 1.92. The summed E-state index contributed by atoms with van der Waals surface area (Å²) in [6.45, 7) is 1.95. The fourth-order valence-corrected chi connectivity index (χ4v) is 2.78. The normalized spacial score (nSPS) is 18.9. The Bertz CT molecular complexity index is 416. The van der Waals surface area contributed by atoms with E-state index in [1.807, 2.05) is 30.1 Å². The minimum atomic E-state index is 0.236. The van der Waals surface area contributed by atoms with Crippen molar-refractivity contribution in [1.29, 1.82) is 0 Å². The molecule has 1 saturated heterocycles. The molecule has 1 aromatic carbocycles. The Labute approximate surface area is 117 Å². The van der Waals surface area contributed by atoms with Gasteiger partial charge in [-0.3, -0.25) is 4.79 Å². The van der Waals surface area contributed by atoms with Crippen LogP contribution in [-0.2, 0) is 11.2 Å². The number of halogens is 1. The van der Waals surface area contributed by atoms with Gasteiger partial charge >= 0.3 is 0 Å². The summed E-state index contributed by atoms with van der Waals surface area (Å²) in [5.74, 6) is 0.236. The molecule has 0 spiro atoms. The second-order valence-electron chi connectivity index (χ2n) is 4.74. The highest BCUT2D eigenvalue weighted by Crippen LogP contribution is 2.18. The van der Waals surface area contributed by atoms with Crippen LogP contribution in [0.25, 0.3) is 0 Å². The predicted octanol–water partition coefficient (Wildman–Crippen LogP) is 2.20. The third-order valence-electron chi connectivity index (χ3n) is 3.54. The monoisotopic (exact) mass is 310 g/mol. The third kappa shape index (κ3) is 3.33. The maximum atomic E-state index is 12.1. The number of likely N-dealkylation sites (N-methyl/N-ethyl adjacent to an activating group) is 1. The number of hydrogen-bond donors (Lipinski definition) is 1. The molecule has 0 unspecified atom stereocenters. The van der Waals surface area contributed by atoms with Crippen LogP contribution in [0.4, 0.5) is 0 Å². The van der Waals surface area contributed by atoms with Gasteiger partial charge in [0.15, 0.2) is 0 Å². The molecule has 4 heteroatoms. The Morgan fingerprint density at radius 2 is 2.28 bits per heavy atom. The molecule has 18 heavy (non-hydrogen) atoms. The Morgan fingerprint density at radius 1 is 1.50 bits per heavy atom. The van der Waals surface area contributed by atoms with Crippen LogP contribution in [0.2, 0.25) is 0 Å². The molecule has 3 nitrogen and oxygen atoms in total.